The highest BCUT2D eigenvalue weighted by atomic mass is 35.5. The van der Waals surface area contributed by atoms with Crippen LogP contribution in [-0.2, 0) is 21.6 Å². The summed E-state index contributed by atoms with van der Waals surface area (Å²) in [6, 6.07) is 16.2. The van der Waals surface area contributed by atoms with Crippen LogP contribution in [0.3, 0.4) is 0 Å². The standard InChI is InChI=1S/C26H26ClFN2O3S/c1-2-34-21-7-3-18(4-8-21)15-24(31)30-20-6-10-25(29-17-20)33-26(11-13-32-14-12-26)19-5-9-22(27)23(28)16-19/h3-10,16-17H,2,11-15H2,1H3,(H,30,31). The fourth-order valence-corrected chi connectivity index (χ4v) is 4.69. The molecular weight excluding hydrogens is 475 g/mol. The quantitative estimate of drug-likeness (QED) is 0.370. The highest BCUT2D eigenvalue weighted by Crippen LogP contribution is 2.38. The van der Waals surface area contributed by atoms with Crippen molar-refractivity contribution < 1.29 is 18.7 Å². The normalized spacial score (nSPS) is 15.0. The molecule has 8 heteroatoms. The van der Waals surface area contributed by atoms with E-state index in [0.717, 1.165) is 11.3 Å². The number of hydrogen-bond donors (Lipinski definition) is 1. The molecule has 0 aliphatic carbocycles. The van der Waals surface area contributed by atoms with Crippen LogP contribution in [0.4, 0.5) is 10.1 Å². The molecule has 34 heavy (non-hydrogen) atoms. The summed E-state index contributed by atoms with van der Waals surface area (Å²) in [4.78, 5) is 18.0. The second kappa shape index (κ2) is 11.2. The molecule has 4 rings (SSSR count). The SMILES string of the molecule is CCSc1ccc(CC(=O)Nc2ccc(OC3(c4ccc(Cl)c(F)c4)CCOCC3)nc2)cc1. The molecular formula is C26H26ClFN2O3S. The molecule has 1 saturated heterocycles. The zero-order valence-electron chi connectivity index (χ0n) is 18.9. The first kappa shape index (κ1) is 24.5. The second-order valence-corrected chi connectivity index (χ2v) is 9.77. The van der Waals surface area contributed by atoms with E-state index in [9.17, 15) is 9.18 Å². The molecule has 1 aromatic heterocycles. The zero-order valence-corrected chi connectivity index (χ0v) is 20.4. The first-order chi connectivity index (χ1) is 16.5. The first-order valence-corrected chi connectivity index (χ1v) is 12.5. The number of anilines is 1. The number of aromatic nitrogens is 1. The number of nitrogens with one attached hydrogen (secondary N) is 1. The van der Waals surface area contributed by atoms with Crippen LogP contribution < -0.4 is 10.1 Å². The summed E-state index contributed by atoms with van der Waals surface area (Å²) in [5.74, 6) is 0.791. The summed E-state index contributed by atoms with van der Waals surface area (Å²) in [6.45, 7) is 3.10. The van der Waals surface area contributed by atoms with Crippen LogP contribution >= 0.6 is 23.4 Å². The third-order valence-electron chi connectivity index (χ3n) is 5.67. The van der Waals surface area contributed by atoms with Crippen LogP contribution in [0.15, 0.2) is 65.7 Å². The molecule has 0 atom stereocenters. The van der Waals surface area contributed by atoms with Gasteiger partial charge in [0.25, 0.3) is 0 Å². The van der Waals surface area contributed by atoms with E-state index in [4.69, 9.17) is 21.1 Å². The van der Waals surface area contributed by atoms with Gasteiger partial charge in [-0.15, -0.1) is 11.8 Å². The van der Waals surface area contributed by atoms with Gasteiger partial charge in [-0.1, -0.05) is 36.7 Å². The highest BCUT2D eigenvalue weighted by Gasteiger charge is 2.37. The van der Waals surface area contributed by atoms with Crippen LogP contribution in [-0.4, -0.2) is 29.9 Å². The van der Waals surface area contributed by atoms with Gasteiger partial charge in [-0.2, -0.15) is 0 Å². The van der Waals surface area contributed by atoms with Gasteiger partial charge in [-0.25, -0.2) is 9.37 Å². The van der Waals surface area contributed by atoms with Gasteiger partial charge in [0.1, 0.15) is 11.4 Å². The molecule has 0 spiro atoms. The molecule has 178 valence electrons. The summed E-state index contributed by atoms with van der Waals surface area (Å²) in [7, 11) is 0. The predicted octanol–water partition coefficient (Wildman–Crippen LogP) is 6.25. The van der Waals surface area contributed by atoms with Gasteiger partial charge in [0.05, 0.1) is 36.5 Å². The summed E-state index contributed by atoms with van der Waals surface area (Å²) in [6.07, 6.45) is 2.96. The Labute approximate surface area is 208 Å². The minimum atomic E-state index is -0.760. The molecule has 5 nitrogen and oxygen atoms in total. The molecule has 0 saturated carbocycles. The number of nitrogens with zero attached hydrogens (tertiary/aromatic N) is 1. The number of pyridine rings is 1. The monoisotopic (exact) mass is 500 g/mol. The van der Waals surface area contributed by atoms with Crippen molar-refractivity contribution in [3.05, 3.63) is 82.8 Å². The Bertz CT molecular complexity index is 1120. The number of hydrogen-bond acceptors (Lipinski definition) is 5. The summed E-state index contributed by atoms with van der Waals surface area (Å²) < 4.78 is 25.9. The van der Waals surface area contributed by atoms with Crippen LogP contribution in [0.2, 0.25) is 5.02 Å². The maximum Gasteiger partial charge on any atom is 0.228 e. The van der Waals surface area contributed by atoms with Gasteiger partial charge in [-0.3, -0.25) is 4.79 Å². The van der Waals surface area contributed by atoms with Gasteiger partial charge < -0.3 is 14.8 Å². The third kappa shape index (κ3) is 6.09. The van der Waals surface area contributed by atoms with Crippen LogP contribution in [0, 0.1) is 5.82 Å². The number of amides is 1. The summed E-state index contributed by atoms with van der Waals surface area (Å²) in [5, 5.41) is 2.94. The lowest BCUT2D eigenvalue weighted by molar-refractivity contribution is -0.115. The predicted molar refractivity (Wildman–Crippen MR) is 133 cm³/mol. The third-order valence-corrected chi connectivity index (χ3v) is 6.87. The number of rotatable bonds is 8. The number of carbonyl (C=O) groups is 1. The maximum absolute atomic E-state index is 14.2. The van der Waals surface area contributed by atoms with E-state index in [1.54, 1.807) is 36.2 Å². The number of ether oxygens (including phenoxy) is 2. The van der Waals surface area contributed by atoms with E-state index in [1.165, 1.54) is 17.0 Å². The topological polar surface area (TPSA) is 60.5 Å². The van der Waals surface area contributed by atoms with Crippen LogP contribution in [0.1, 0.15) is 30.9 Å². The van der Waals surface area contributed by atoms with Crippen molar-refractivity contribution in [3.8, 4) is 5.88 Å². The van der Waals surface area contributed by atoms with Crippen molar-refractivity contribution in [1.82, 2.24) is 4.98 Å². The maximum atomic E-state index is 14.2. The Kier molecular flexibility index (Phi) is 8.08. The Balaban J connectivity index is 1.41. The van der Waals surface area contributed by atoms with Crippen molar-refractivity contribution in [2.45, 2.75) is 36.7 Å². The van der Waals surface area contributed by atoms with Crippen molar-refractivity contribution >= 4 is 35.0 Å². The second-order valence-electron chi connectivity index (χ2n) is 8.02. The minimum absolute atomic E-state index is 0.0694. The van der Waals surface area contributed by atoms with Gasteiger partial charge >= 0.3 is 0 Å². The lowest BCUT2D eigenvalue weighted by atomic mass is 9.86. The van der Waals surface area contributed by atoms with Crippen molar-refractivity contribution in [2.24, 2.45) is 0 Å². The molecule has 1 aliphatic heterocycles. The largest absolute Gasteiger partial charge is 0.466 e. The van der Waals surface area contributed by atoms with E-state index < -0.39 is 11.4 Å². The van der Waals surface area contributed by atoms with Gasteiger partial charge in [0, 0.05) is 23.8 Å². The summed E-state index contributed by atoms with van der Waals surface area (Å²) >= 11 is 7.63. The molecule has 0 radical (unpaired) electrons. The highest BCUT2D eigenvalue weighted by molar-refractivity contribution is 7.99. The van der Waals surface area contributed by atoms with Gasteiger partial charge in [-0.05, 0) is 47.2 Å². The van der Waals surface area contributed by atoms with E-state index in [0.29, 0.717) is 43.2 Å². The Morgan fingerprint density at radius 3 is 2.59 bits per heavy atom. The van der Waals surface area contributed by atoms with E-state index >= 15 is 0 Å². The number of thioether (sulfide) groups is 1. The fourth-order valence-electron chi connectivity index (χ4n) is 3.91. The molecule has 1 aliphatic rings. The number of benzene rings is 2. The zero-order chi connectivity index (χ0) is 24.0. The lowest BCUT2D eigenvalue weighted by Crippen LogP contribution is -2.39. The summed E-state index contributed by atoms with van der Waals surface area (Å²) in [5.41, 5.74) is 1.46. The Morgan fingerprint density at radius 1 is 1.18 bits per heavy atom. The van der Waals surface area contributed by atoms with E-state index in [1.807, 2.05) is 24.3 Å². The number of halogens is 2. The molecule has 1 fully saturated rings. The molecule has 1 N–H and O–H groups in total. The van der Waals surface area contributed by atoms with E-state index in [2.05, 4.69) is 17.2 Å². The smallest absolute Gasteiger partial charge is 0.228 e. The average molecular weight is 501 g/mol. The van der Waals surface area contributed by atoms with Crippen molar-refractivity contribution in [1.29, 1.82) is 0 Å². The van der Waals surface area contributed by atoms with Gasteiger partial charge in [0.2, 0.25) is 11.8 Å². The average Bonchev–Trinajstić information content (AvgIpc) is 2.84. The molecule has 0 unspecified atom stereocenters. The van der Waals surface area contributed by atoms with Gasteiger partial charge in [0.15, 0.2) is 0 Å². The van der Waals surface area contributed by atoms with Crippen molar-refractivity contribution in [2.75, 3.05) is 24.3 Å². The van der Waals surface area contributed by atoms with Crippen LogP contribution in [0.5, 0.6) is 5.88 Å². The Morgan fingerprint density at radius 2 is 1.94 bits per heavy atom. The molecule has 2 aromatic carbocycles. The molecule has 1 amide bonds. The van der Waals surface area contributed by atoms with Crippen LogP contribution in [0.25, 0.3) is 0 Å². The lowest BCUT2D eigenvalue weighted by Gasteiger charge is -2.37. The Hall–Kier alpha value is -2.61. The number of carbonyl (C=O) groups excluding carboxylic acids is 1. The van der Waals surface area contributed by atoms with Crippen molar-refractivity contribution in [3.63, 3.8) is 0 Å². The minimum Gasteiger partial charge on any atom is -0.466 e. The molecule has 0 bridgehead atoms. The fraction of sp³-hybridized carbons (Fsp3) is 0.308. The first-order valence-electron chi connectivity index (χ1n) is 11.2. The molecule has 2 heterocycles. The molecule has 3 aromatic rings. The van der Waals surface area contributed by atoms with E-state index in [-0.39, 0.29) is 17.4 Å².